The molecule has 4 rings (SSSR count). The second kappa shape index (κ2) is 6.71. The third-order valence-corrected chi connectivity index (χ3v) is 5.26. The fraction of sp³-hybridized carbons (Fsp3) is 0.368. The van der Waals surface area contributed by atoms with Crippen molar-refractivity contribution in [2.45, 2.75) is 38.6 Å². The van der Waals surface area contributed by atoms with Crippen LogP contribution in [0.4, 0.5) is 8.78 Å². The molecular formula is C19H18ClF2N3. The van der Waals surface area contributed by atoms with Crippen molar-refractivity contribution in [3.05, 3.63) is 47.2 Å². The fourth-order valence-electron chi connectivity index (χ4n) is 3.69. The Labute approximate surface area is 149 Å². The molecule has 6 heteroatoms. The Bertz CT molecular complexity index is 916. The van der Waals surface area contributed by atoms with E-state index >= 15 is 0 Å². The number of hydrogen-bond acceptors (Lipinski definition) is 2. The molecule has 0 aliphatic heterocycles. The summed E-state index contributed by atoms with van der Waals surface area (Å²) < 4.78 is 29.5. The number of nitrogens with zero attached hydrogens (tertiary/aromatic N) is 3. The van der Waals surface area contributed by atoms with Crippen molar-refractivity contribution in [3.63, 3.8) is 0 Å². The molecule has 3 nitrogen and oxygen atoms in total. The van der Waals surface area contributed by atoms with Gasteiger partial charge < -0.3 is 4.57 Å². The summed E-state index contributed by atoms with van der Waals surface area (Å²) in [7, 11) is 0. The molecule has 0 bridgehead atoms. The van der Waals surface area contributed by atoms with Crippen LogP contribution in [0.2, 0.25) is 5.15 Å². The molecule has 0 radical (unpaired) electrons. The molecule has 0 saturated heterocycles. The molecule has 0 N–H and O–H groups in total. The highest BCUT2D eigenvalue weighted by Gasteiger charge is 2.21. The van der Waals surface area contributed by atoms with Crippen LogP contribution in [-0.2, 0) is 6.54 Å². The number of imidazole rings is 1. The largest absolute Gasteiger partial charge is 0.324 e. The predicted molar refractivity (Wildman–Crippen MR) is 94.5 cm³/mol. The van der Waals surface area contributed by atoms with E-state index in [1.54, 1.807) is 12.3 Å². The normalized spacial score (nSPS) is 15.8. The van der Waals surface area contributed by atoms with Crippen LogP contribution in [-0.4, -0.2) is 14.5 Å². The van der Waals surface area contributed by atoms with Gasteiger partial charge in [0.2, 0.25) is 0 Å². The van der Waals surface area contributed by atoms with Gasteiger partial charge >= 0.3 is 0 Å². The van der Waals surface area contributed by atoms with Gasteiger partial charge in [0.25, 0.3) is 0 Å². The van der Waals surface area contributed by atoms with Gasteiger partial charge in [-0.05, 0) is 30.9 Å². The molecule has 1 fully saturated rings. The highest BCUT2D eigenvalue weighted by atomic mass is 35.5. The minimum absolute atomic E-state index is 0.337. The number of halogens is 3. The Morgan fingerprint density at radius 2 is 1.88 bits per heavy atom. The molecule has 0 amide bonds. The number of fused-ring (bicyclic) bond motifs is 1. The van der Waals surface area contributed by atoms with Crippen molar-refractivity contribution in [3.8, 4) is 11.4 Å². The fourth-order valence-corrected chi connectivity index (χ4v) is 3.90. The minimum Gasteiger partial charge on any atom is -0.324 e. The Kier molecular flexibility index (Phi) is 4.42. The highest BCUT2D eigenvalue weighted by Crippen LogP contribution is 2.33. The van der Waals surface area contributed by atoms with Crippen molar-refractivity contribution < 1.29 is 8.78 Å². The van der Waals surface area contributed by atoms with Crippen molar-refractivity contribution in [2.24, 2.45) is 5.92 Å². The highest BCUT2D eigenvalue weighted by molar-refractivity contribution is 6.32. The van der Waals surface area contributed by atoms with Crippen molar-refractivity contribution in [1.29, 1.82) is 0 Å². The summed E-state index contributed by atoms with van der Waals surface area (Å²) in [5, 5.41) is 0.337. The third-order valence-electron chi connectivity index (χ3n) is 4.96. The smallest absolute Gasteiger partial charge is 0.161 e. The van der Waals surface area contributed by atoms with Gasteiger partial charge in [0.1, 0.15) is 11.0 Å². The molecule has 1 aromatic carbocycles. The zero-order valence-corrected chi connectivity index (χ0v) is 14.4. The van der Waals surface area contributed by atoms with E-state index in [0.717, 1.165) is 25.5 Å². The second-order valence-electron chi connectivity index (χ2n) is 6.65. The molecule has 1 aliphatic carbocycles. The molecule has 0 unspecified atom stereocenters. The number of hydrogen-bond donors (Lipinski definition) is 0. The molecule has 3 aromatic rings. The summed E-state index contributed by atoms with van der Waals surface area (Å²) in [6.45, 7) is 0.724. The van der Waals surface area contributed by atoms with Crippen LogP contribution in [0.3, 0.4) is 0 Å². The lowest BCUT2D eigenvalue weighted by Crippen LogP contribution is -2.15. The van der Waals surface area contributed by atoms with Crippen LogP contribution in [0.1, 0.15) is 32.1 Å². The van der Waals surface area contributed by atoms with E-state index < -0.39 is 11.6 Å². The van der Waals surface area contributed by atoms with Gasteiger partial charge in [-0.25, -0.2) is 18.7 Å². The topological polar surface area (TPSA) is 30.7 Å². The summed E-state index contributed by atoms with van der Waals surface area (Å²) >= 11 is 6.25. The maximum atomic E-state index is 13.8. The predicted octanol–water partition coefficient (Wildman–Crippen LogP) is 5.61. The SMILES string of the molecule is Fc1cc2nc(-c3cccnc3Cl)n(CC3CCCCC3)c2cc1F. The van der Waals surface area contributed by atoms with Gasteiger partial charge in [0.15, 0.2) is 11.6 Å². The third kappa shape index (κ3) is 3.13. The summed E-state index contributed by atoms with van der Waals surface area (Å²) in [6.07, 6.45) is 7.58. The minimum atomic E-state index is -0.890. The van der Waals surface area contributed by atoms with Crippen LogP contribution in [0, 0.1) is 17.6 Å². The number of aromatic nitrogens is 3. The van der Waals surface area contributed by atoms with Crippen LogP contribution in [0.25, 0.3) is 22.4 Å². The average molecular weight is 362 g/mol. The zero-order valence-electron chi connectivity index (χ0n) is 13.7. The number of pyridine rings is 1. The van der Waals surface area contributed by atoms with Crippen molar-refractivity contribution >= 4 is 22.6 Å². The summed E-state index contributed by atoms with van der Waals surface area (Å²) in [5.41, 5.74) is 1.71. The molecule has 0 spiro atoms. The van der Waals surface area contributed by atoms with Crippen LogP contribution < -0.4 is 0 Å². The number of benzene rings is 1. The van der Waals surface area contributed by atoms with Gasteiger partial charge in [-0.1, -0.05) is 30.9 Å². The Morgan fingerprint density at radius 1 is 1.12 bits per heavy atom. The Hall–Kier alpha value is -2.01. The molecular weight excluding hydrogens is 344 g/mol. The van der Waals surface area contributed by atoms with E-state index in [2.05, 4.69) is 9.97 Å². The summed E-state index contributed by atoms with van der Waals surface area (Å²) in [6, 6.07) is 6.00. The Balaban J connectivity index is 1.88. The van der Waals surface area contributed by atoms with Gasteiger partial charge in [-0.3, -0.25) is 0 Å². The van der Waals surface area contributed by atoms with Gasteiger partial charge in [0, 0.05) is 24.9 Å². The maximum absolute atomic E-state index is 13.8. The van der Waals surface area contributed by atoms with E-state index in [9.17, 15) is 8.78 Å². The van der Waals surface area contributed by atoms with Gasteiger partial charge in [-0.2, -0.15) is 0 Å². The molecule has 1 aliphatic rings. The van der Waals surface area contributed by atoms with E-state index in [1.807, 2.05) is 10.6 Å². The first-order chi connectivity index (χ1) is 12.1. The Morgan fingerprint density at radius 3 is 2.64 bits per heavy atom. The lowest BCUT2D eigenvalue weighted by Gasteiger charge is -2.23. The first-order valence-electron chi connectivity index (χ1n) is 8.59. The number of rotatable bonds is 3. The standard InChI is InChI=1S/C19H18ClF2N3/c20-18-13(7-4-8-23-18)19-24-16-9-14(21)15(22)10-17(16)25(19)11-12-5-2-1-3-6-12/h4,7-10,12H,1-3,5-6,11H2. The quantitative estimate of drug-likeness (QED) is 0.567. The molecule has 2 aromatic heterocycles. The molecule has 25 heavy (non-hydrogen) atoms. The van der Waals surface area contributed by atoms with Crippen LogP contribution >= 0.6 is 11.6 Å². The van der Waals surface area contributed by atoms with E-state index in [4.69, 9.17) is 11.6 Å². The van der Waals surface area contributed by atoms with Crippen LogP contribution in [0.15, 0.2) is 30.5 Å². The zero-order chi connectivity index (χ0) is 17.4. The summed E-state index contributed by atoms with van der Waals surface area (Å²) in [4.78, 5) is 8.66. The molecule has 0 atom stereocenters. The van der Waals surface area contributed by atoms with E-state index in [0.29, 0.717) is 33.5 Å². The van der Waals surface area contributed by atoms with Gasteiger partial charge in [0.05, 0.1) is 16.6 Å². The second-order valence-corrected chi connectivity index (χ2v) is 7.00. The van der Waals surface area contributed by atoms with Gasteiger partial charge in [-0.15, -0.1) is 0 Å². The first-order valence-corrected chi connectivity index (χ1v) is 8.97. The molecule has 130 valence electrons. The molecule has 1 saturated carbocycles. The average Bonchev–Trinajstić information content (AvgIpc) is 2.94. The van der Waals surface area contributed by atoms with E-state index in [-0.39, 0.29) is 0 Å². The van der Waals surface area contributed by atoms with Crippen LogP contribution in [0.5, 0.6) is 0 Å². The monoisotopic (exact) mass is 361 g/mol. The maximum Gasteiger partial charge on any atom is 0.161 e. The first kappa shape index (κ1) is 16.5. The lowest BCUT2D eigenvalue weighted by molar-refractivity contribution is 0.323. The van der Waals surface area contributed by atoms with E-state index in [1.165, 1.54) is 25.3 Å². The lowest BCUT2D eigenvalue weighted by atomic mass is 9.89. The molecule has 2 heterocycles. The summed E-state index contributed by atoms with van der Waals surface area (Å²) in [5.74, 6) is -0.628. The van der Waals surface area contributed by atoms with Crippen molar-refractivity contribution in [2.75, 3.05) is 0 Å². The van der Waals surface area contributed by atoms with Crippen molar-refractivity contribution in [1.82, 2.24) is 14.5 Å².